The normalized spacial score (nSPS) is 24.9. The standard InChI is InChI=1S/C27H28Cl2NO.C27H29FNO.2BrH/c28-24-12-11-21(19-25(24)29)20-30-16-13-26(14-17-30,15-18-30)27(31,22-7-3-1-4-8-22)23-9-5-2-6-10-23;28-25-13-7-8-22(20-25)21-29-17-14-26(15-18-29,16-19-29)27(30,23-9-3-1-4-10-23)24-11-5-2-6-12-24;;/h1-12,19,31H,13-18,20H2;1-13,20,30H,14-19,21H2;2*1H/q2*+1;;/p-2. The first-order valence-electron chi connectivity index (χ1n) is 22.1. The lowest BCUT2D eigenvalue weighted by atomic mass is 9.56. The molecule has 6 aromatic carbocycles. The Bertz CT molecular complexity index is 2320. The molecule has 0 aliphatic carbocycles. The summed E-state index contributed by atoms with van der Waals surface area (Å²) in [6, 6.07) is 54.0. The van der Waals surface area contributed by atoms with E-state index in [1.165, 1.54) is 11.6 Å². The molecular formula is C54H57Br2Cl2FN2O2. The molecule has 6 fully saturated rings. The van der Waals surface area contributed by atoms with Gasteiger partial charge in [0, 0.05) is 60.5 Å². The molecule has 6 aliphatic rings. The quantitative estimate of drug-likeness (QED) is 0.173. The minimum absolute atomic E-state index is 0. The lowest BCUT2D eigenvalue weighted by Crippen LogP contribution is -3.00. The average Bonchev–Trinajstić information content (AvgIpc) is 3.32. The van der Waals surface area contributed by atoms with Gasteiger partial charge in [0.25, 0.3) is 0 Å². The Kier molecular flexibility index (Phi) is 14.5. The van der Waals surface area contributed by atoms with E-state index in [1.807, 2.05) is 97.1 Å². The summed E-state index contributed by atoms with van der Waals surface area (Å²) >= 11 is 12.4. The zero-order valence-electron chi connectivity index (χ0n) is 35.7. The van der Waals surface area contributed by atoms with E-state index in [2.05, 4.69) is 54.6 Å². The Balaban J connectivity index is 0.000000183. The summed E-state index contributed by atoms with van der Waals surface area (Å²) < 4.78 is 15.8. The van der Waals surface area contributed by atoms with Crippen LogP contribution in [0.15, 0.2) is 164 Å². The minimum Gasteiger partial charge on any atom is -1.00 e. The number of nitrogens with zero attached hydrogens (tertiary/aromatic N) is 2. The van der Waals surface area contributed by atoms with Crippen LogP contribution >= 0.6 is 23.2 Å². The van der Waals surface area contributed by atoms with Crippen LogP contribution in [0.4, 0.5) is 4.39 Å². The molecule has 4 bridgehead atoms. The van der Waals surface area contributed by atoms with Crippen LogP contribution in [0.1, 0.15) is 71.9 Å². The van der Waals surface area contributed by atoms with Gasteiger partial charge in [-0.3, -0.25) is 0 Å². The number of rotatable bonds is 10. The Labute approximate surface area is 404 Å². The Morgan fingerprint density at radius 1 is 0.429 bits per heavy atom. The molecule has 12 rings (SSSR count). The zero-order valence-corrected chi connectivity index (χ0v) is 40.4. The molecule has 0 amide bonds. The van der Waals surface area contributed by atoms with Gasteiger partial charge in [-0.05, 0) is 46.5 Å². The number of halogens is 5. The second-order valence-electron chi connectivity index (χ2n) is 18.7. The number of benzene rings is 6. The first kappa shape index (κ1) is 47.6. The molecule has 0 unspecified atom stereocenters. The van der Waals surface area contributed by atoms with E-state index < -0.39 is 11.2 Å². The van der Waals surface area contributed by atoms with Crippen molar-refractivity contribution in [3.8, 4) is 0 Å². The molecule has 6 heterocycles. The highest BCUT2D eigenvalue weighted by Gasteiger charge is 2.61. The number of aliphatic hydroxyl groups is 2. The van der Waals surface area contributed by atoms with Crippen LogP contribution in [-0.4, -0.2) is 58.4 Å². The Hall–Kier alpha value is -3.37. The van der Waals surface area contributed by atoms with Crippen LogP contribution in [0.25, 0.3) is 0 Å². The van der Waals surface area contributed by atoms with E-state index in [0.717, 1.165) is 128 Å². The highest BCUT2D eigenvalue weighted by molar-refractivity contribution is 6.42. The predicted octanol–water partition coefficient (Wildman–Crippen LogP) is 5.70. The van der Waals surface area contributed by atoms with Crippen LogP contribution in [0.2, 0.25) is 10.0 Å². The van der Waals surface area contributed by atoms with Gasteiger partial charge in [0.05, 0.1) is 49.3 Å². The number of quaternary nitrogens is 2. The van der Waals surface area contributed by atoms with Crippen LogP contribution in [0, 0.1) is 16.6 Å². The lowest BCUT2D eigenvalue weighted by molar-refractivity contribution is -0.958. The summed E-state index contributed by atoms with van der Waals surface area (Å²) in [6.45, 7) is 8.15. The molecule has 0 spiro atoms. The summed E-state index contributed by atoms with van der Waals surface area (Å²) in [5.41, 5.74) is 4.02. The molecule has 6 saturated heterocycles. The summed E-state index contributed by atoms with van der Waals surface area (Å²) in [4.78, 5) is 0. The summed E-state index contributed by atoms with van der Waals surface area (Å²) in [5, 5.41) is 26.1. The molecule has 6 aliphatic heterocycles. The molecule has 0 radical (unpaired) electrons. The monoisotopic (exact) mass is 1010 g/mol. The third-order valence-corrected chi connectivity index (χ3v) is 16.3. The fourth-order valence-electron chi connectivity index (χ4n) is 12.0. The van der Waals surface area contributed by atoms with Gasteiger partial charge < -0.3 is 53.1 Å². The SMILES string of the molecule is OC(c1ccccc1)(c1ccccc1)C12CC[N+](Cc3ccc(Cl)c(Cl)c3)(CC1)CC2.OC(c1ccccc1)(c1ccccc1)C12CC[N+](Cc3cccc(F)c3)(CC1)CC2.[Br-].[Br-]. The van der Waals surface area contributed by atoms with Crippen molar-refractivity contribution in [1.82, 2.24) is 0 Å². The summed E-state index contributed by atoms with van der Waals surface area (Å²) in [7, 11) is 0. The summed E-state index contributed by atoms with van der Waals surface area (Å²) in [6.07, 6.45) is 5.95. The first-order chi connectivity index (χ1) is 29.5. The smallest absolute Gasteiger partial charge is 0.123 e. The van der Waals surface area contributed by atoms with E-state index >= 15 is 0 Å². The Morgan fingerprint density at radius 3 is 1.08 bits per heavy atom. The lowest BCUT2D eigenvalue weighted by Gasteiger charge is -2.60. The van der Waals surface area contributed by atoms with Gasteiger partial charge in [-0.25, -0.2) is 4.39 Å². The fourth-order valence-corrected chi connectivity index (χ4v) is 12.3. The Morgan fingerprint density at radius 2 is 0.762 bits per heavy atom. The van der Waals surface area contributed by atoms with Gasteiger partial charge in [0.1, 0.15) is 30.1 Å². The molecule has 2 N–H and O–H groups in total. The number of fused-ring (bicyclic) bond motifs is 6. The van der Waals surface area contributed by atoms with Gasteiger partial charge in [-0.2, -0.15) is 0 Å². The van der Waals surface area contributed by atoms with Crippen LogP contribution < -0.4 is 34.0 Å². The average molecular weight is 1020 g/mol. The maximum absolute atomic E-state index is 13.7. The van der Waals surface area contributed by atoms with Crippen molar-refractivity contribution < 1.29 is 57.5 Å². The van der Waals surface area contributed by atoms with Crippen molar-refractivity contribution in [1.29, 1.82) is 0 Å². The van der Waals surface area contributed by atoms with Gasteiger partial charge in [0.15, 0.2) is 0 Å². The van der Waals surface area contributed by atoms with Gasteiger partial charge in [-0.15, -0.1) is 0 Å². The van der Waals surface area contributed by atoms with E-state index in [4.69, 9.17) is 23.2 Å². The second kappa shape index (κ2) is 19.2. The maximum atomic E-state index is 13.7. The van der Waals surface area contributed by atoms with Crippen molar-refractivity contribution in [3.05, 3.63) is 213 Å². The van der Waals surface area contributed by atoms with E-state index in [9.17, 15) is 14.6 Å². The van der Waals surface area contributed by atoms with Gasteiger partial charge >= 0.3 is 0 Å². The van der Waals surface area contributed by atoms with Crippen molar-refractivity contribution in [2.45, 2.75) is 62.8 Å². The molecule has 330 valence electrons. The van der Waals surface area contributed by atoms with Crippen LogP contribution in [0.5, 0.6) is 0 Å². The molecule has 0 saturated carbocycles. The number of hydrogen-bond donors (Lipinski definition) is 2. The van der Waals surface area contributed by atoms with Crippen molar-refractivity contribution >= 4 is 23.2 Å². The van der Waals surface area contributed by atoms with Gasteiger partial charge in [0.2, 0.25) is 0 Å². The molecule has 6 aromatic rings. The molecule has 4 nitrogen and oxygen atoms in total. The molecule has 0 aromatic heterocycles. The second-order valence-corrected chi connectivity index (χ2v) is 19.5. The van der Waals surface area contributed by atoms with E-state index in [-0.39, 0.29) is 50.6 Å². The largest absolute Gasteiger partial charge is 1.00 e. The third-order valence-electron chi connectivity index (χ3n) is 15.6. The highest BCUT2D eigenvalue weighted by Crippen LogP contribution is 2.59. The van der Waals surface area contributed by atoms with E-state index in [0.29, 0.717) is 10.0 Å². The maximum Gasteiger partial charge on any atom is 0.123 e. The van der Waals surface area contributed by atoms with Crippen molar-refractivity contribution in [3.63, 3.8) is 0 Å². The third kappa shape index (κ3) is 8.87. The van der Waals surface area contributed by atoms with Crippen molar-refractivity contribution in [2.75, 3.05) is 39.3 Å². The molecule has 63 heavy (non-hydrogen) atoms. The molecule has 0 atom stereocenters. The number of piperidine rings is 6. The molecular weight excluding hydrogens is 958 g/mol. The first-order valence-corrected chi connectivity index (χ1v) is 22.8. The number of hydrogen-bond acceptors (Lipinski definition) is 2. The predicted molar refractivity (Wildman–Crippen MR) is 244 cm³/mol. The zero-order chi connectivity index (χ0) is 42.2. The topological polar surface area (TPSA) is 40.5 Å². The molecule has 9 heteroatoms. The minimum atomic E-state index is -0.995. The van der Waals surface area contributed by atoms with E-state index in [1.54, 1.807) is 6.07 Å². The highest BCUT2D eigenvalue weighted by atomic mass is 79.9. The van der Waals surface area contributed by atoms with Crippen LogP contribution in [-0.2, 0) is 24.3 Å². The van der Waals surface area contributed by atoms with Gasteiger partial charge in [-0.1, -0.05) is 163 Å². The fraction of sp³-hybridized carbons (Fsp3) is 0.333. The summed E-state index contributed by atoms with van der Waals surface area (Å²) in [5.74, 6) is -0.156. The van der Waals surface area contributed by atoms with Crippen LogP contribution in [0.3, 0.4) is 0 Å². The van der Waals surface area contributed by atoms with Crippen molar-refractivity contribution in [2.24, 2.45) is 10.8 Å².